The van der Waals surface area contributed by atoms with Gasteiger partial charge in [0.15, 0.2) is 0 Å². The van der Waals surface area contributed by atoms with Gasteiger partial charge in [-0.3, -0.25) is 0 Å². The van der Waals surface area contributed by atoms with Crippen molar-refractivity contribution < 1.29 is 9.53 Å². The van der Waals surface area contributed by atoms with Crippen LogP contribution in [0.5, 0.6) is 0 Å². The first kappa shape index (κ1) is 15.6. The Morgan fingerprint density at radius 3 is 2.95 bits per heavy atom. The Labute approximate surface area is 126 Å². The van der Waals surface area contributed by atoms with E-state index in [0.29, 0.717) is 23.8 Å². The van der Waals surface area contributed by atoms with Gasteiger partial charge in [-0.15, -0.1) is 0 Å². The van der Waals surface area contributed by atoms with Crippen LogP contribution in [0, 0.1) is 5.92 Å². The van der Waals surface area contributed by atoms with E-state index in [9.17, 15) is 4.79 Å². The van der Waals surface area contributed by atoms with Crippen molar-refractivity contribution >= 4 is 17.3 Å². The zero-order valence-electron chi connectivity index (χ0n) is 12.9. The molecular weight excluding hydrogens is 266 g/mol. The lowest BCUT2D eigenvalue weighted by molar-refractivity contribution is 0.0527. The summed E-state index contributed by atoms with van der Waals surface area (Å²) >= 11 is 0. The molecule has 0 saturated carbocycles. The number of anilines is 2. The standard InChI is InChI=1S/C16H25N3O2/c1-3-19-8-7-12(11-19)10-18-13-5-6-15(17)14(9-13)16(20)21-4-2/h5-6,9,12,18H,3-4,7-8,10-11,17H2,1-2H3. The van der Waals surface area contributed by atoms with Gasteiger partial charge in [0.1, 0.15) is 0 Å². The molecule has 1 aliphatic rings. The molecule has 21 heavy (non-hydrogen) atoms. The van der Waals surface area contributed by atoms with Gasteiger partial charge >= 0.3 is 5.97 Å². The Morgan fingerprint density at radius 1 is 1.48 bits per heavy atom. The summed E-state index contributed by atoms with van der Waals surface area (Å²) in [6, 6.07) is 5.44. The molecule has 1 heterocycles. The number of likely N-dealkylation sites (tertiary alicyclic amines) is 1. The highest BCUT2D eigenvalue weighted by atomic mass is 16.5. The number of rotatable bonds is 6. The average molecular weight is 291 g/mol. The van der Waals surface area contributed by atoms with Crippen molar-refractivity contribution in [3.63, 3.8) is 0 Å². The van der Waals surface area contributed by atoms with Crippen molar-refractivity contribution in [2.75, 3.05) is 43.8 Å². The first-order valence-corrected chi connectivity index (χ1v) is 7.66. The molecule has 1 aliphatic heterocycles. The molecule has 0 aliphatic carbocycles. The minimum absolute atomic E-state index is 0.352. The van der Waals surface area contributed by atoms with Gasteiger partial charge in [-0.25, -0.2) is 4.79 Å². The molecule has 3 N–H and O–H groups in total. The maximum Gasteiger partial charge on any atom is 0.340 e. The molecule has 116 valence electrons. The van der Waals surface area contributed by atoms with Gasteiger partial charge in [-0.05, 0) is 50.6 Å². The SMILES string of the molecule is CCOC(=O)c1cc(NCC2CCN(CC)C2)ccc1N. The minimum atomic E-state index is -0.364. The predicted octanol–water partition coefficient (Wildman–Crippen LogP) is 2.20. The summed E-state index contributed by atoms with van der Waals surface area (Å²) in [5.41, 5.74) is 7.65. The van der Waals surface area contributed by atoms with Crippen molar-refractivity contribution in [2.24, 2.45) is 5.92 Å². The van der Waals surface area contributed by atoms with Crippen LogP contribution in [0.4, 0.5) is 11.4 Å². The first-order valence-electron chi connectivity index (χ1n) is 7.66. The third-order valence-electron chi connectivity index (χ3n) is 3.96. The minimum Gasteiger partial charge on any atom is -0.462 e. The van der Waals surface area contributed by atoms with Gasteiger partial charge in [-0.2, -0.15) is 0 Å². The van der Waals surface area contributed by atoms with Crippen molar-refractivity contribution in [1.82, 2.24) is 4.90 Å². The Balaban J connectivity index is 1.95. The Kier molecular flexibility index (Phi) is 5.44. The lowest BCUT2D eigenvalue weighted by atomic mass is 10.1. The number of hydrogen-bond acceptors (Lipinski definition) is 5. The van der Waals surface area contributed by atoms with E-state index in [2.05, 4.69) is 17.1 Å². The largest absolute Gasteiger partial charge is 0.462 e. The molecule has 5 nitrogen and oxygen atoms in total. The molecule has 1 aromatic rings. The van der Waals surface area contributed by atoms with Crippen molar-refractivity contribution in [3.05, 3.63) is 23.8 Å². The molecule has 5 heteroatoms. The van der Waals surface area contributed by atoms with E-state index >= 15 is 0 Å². The van der Waals surface area contributed by atoms with E-state index in [1.54, 1.807) is 19.1 Å². The Bertz CT molecular complexity index is 490. The second-order valence-corrected chi connectivity index (χ2v) is 5.45. The molecule has 1 atom stereocenters. The van der Waals surface area contributed by atoms with Crippen LogP contribution in [-0.2, 0) is 4.74 Å². The number of esters is 1. The number of nitrogen functional groups attached to an aromatic ring is 1. The van der Waals surface area contributed by atoms with Gasteiger partial charge in [-0.1, -0.05) is 6.92 Å². The summed E-state index contributed by atoms with van der Waals surface area (Å²) in [5, 5.41) is 3.41. The molecule has 0 radical (unpaired) electrons. The molecule has 1 aromatic carbocycles. The quantitative estimate of drug-likeness (QED) is 0.621. The molecule has 2 rings (SSSR count). The zero-order valence-corrected chi connectivity index (χ0v) is 12.9. The molecular formula is C16H25N3O2. The van der Waals surface area contributed by atoms with Gasteiger partial charge < -0.3 is 20.7 Å². The summed E-state index contributed by atoms with van der Waals surface area (Å²) in [7, 11) is 0. The van der Waals surface area contributed by atoms with Crippen LogP contribution < -0.4 is 11.1 Å². The average Bonchev–Trinajstić information content (AvgIpc) is 2.94. The number of ether oxygens (including phenoxy) is 1. The highest BCUT2D eigenvalue weighted by molar-refractivity contribution is 5.96. The molecule has 1 fully saturated rings. The molecule has 1 unspecified atom stereocenters. The third-order valence-corrected chi connectivity index (χ3v) is 3.96. The second kappa shape index (κ2) is 7.31. The fourth-order valence-corrected chi connectivity index (χ4v) is 2.68. The normalized spacial score (nSPS) is 18.7. The number of benzene rings is 1. The van der Waals surface area contributed by atoms with Gasteiger partial charge in [0.2, 0.25) is 0 Å². The van der Waals surface area contributed by atoms with Crippen LogP contribution in [0.15, 0.2) is 18.2 Å². The fraction of sp³-hybridized carbons (Fsp3) is 0.562. The van der Waals surface area contributed by atoms with E-state index in [0.717, 1.165) is 25.3 Å². The fourth-order valence-electron chi connectivity index (χ4n) is 2.68. The summed E-state index contributed by atoms with van der Waals surface area (Å²) in [5.74, 6) is 0.297. The summed E-state index contributed by atoms with van der Waals surface area (Å²) < 4.78 is 5.02. The summed E-state index contributed by atoms with van der Waals surface area (Å²) in [6.07, 6.45) is 1.22. The highest BCUT2D eigenvalue weighted by Crippen LogP contribution is 2.21. The van der Waals surface area contributed by atoms with Gasteiger partial charge in [0.05, 0.1) is 12.2 Å². The number of hydrogen-bond donors (Lipinski definition) is 2. The maximum absolute atomic E-state index is 11.8. The van der Waals surface area contributed by atoms with Crippen LogP contribution >= 0.6 is 0 Å². The van der Waals surface area contributed by atoms with Gasteiger partial charge in [0, 0.05) is 24.5 Å². The molecule has 0 amide bonds. The van der Waals surface area contributed by atoms with E-state index in [-0.39, 0.29) is 5.97 Å². The predicted molar refractivity (Wildman–Crippen MR) is 85.5 cm³/mol. The zero-order chi connectivity index (χ0) is 15.2. The monoisotopic (exact) mass is 291 g/mol. The van der Waals surface area contributed by atoms with E-state index in [1.165, 1.54) is 13.0 Å². The first-order chi connectivity index (χ1) is 10.1. The second-order valence-electron chi connectivity index (χ2n) is 5.45. The van der Waals surface area contributed by atoms with E-state index in [1.807, 2.05) is 6.07 Å². The third kappa shape index (κ3) is 4.11. The smallest absolute Gasteiger partial charge is 0.340 e. The van der Waals surface area contributed by atoms with Crippen molar-refractivity contribution in [3.8, 4) is 0 Å². The van der Waals surface area contributed by atoms with Crippen molar-refractivity contribution in [1.29, 1.82) is 0 Å². The lowest BCUT2D eigenvalue weighted by Crippen LogP contribution is -2.22. The molecule has 0 bridgehead atoms. The van der Waals surface area contributed by atoms with Crippen LogP contribution in [0.25, 0.3) is 0 Å². The Morgan fingerprint density at radius 2 is 2.29 bits per heavy atom. The summed E-state index contributed by atoms with van der Waals surface area (Å²) in [4.78, 5) is 14.3. The number of nitrogens with one attached hydrogen (secondary N) is 1. The molecule has 0 aromatic heterocycles. The van der Waals surface area contributed by atoms with Crippen LogP contribution in [0.2, 0.25) is 0 Å². The van der Waals surface area contributed by atoms with E-state index in [4.69, 9.17) is 10.5 Å². The maximum atomic E-state index is 11.8. The lowest BCUT2D eigenvalue weighted by Gasteiger charge is -2.15. The number of nitrogens with zero attached hydrogens (tertiary/aromatic N) is 1. The van der Waals surface area contributed by atoms with Crippen molar-refractivity contribution in [2.45, 2.75) is 20.3 Å². The van der Waals surface area contributed by atoms with Crippen LogP contribution in [0.1, 0.15) is 30.6 Å². The van der Waals surface area contributed by atoms with Gasteiger partial charge in [0.25, 0.3) is 0 Å². The molecule has 1 saturated heterocycles. The highest BCUT2D eigenvalue weighted by Gasteiger charge is 2.20. The van der Waals surface area contributed by atoms with Crippen LogP contribution in [0.3, 0.4) is 0 Å². The Hall–Kier alpha value is -1.75. The number of carbonyl (C=O) groups excluding carboxylic acids is 1. The van der Waals surface area contributed by atoms with E-state index < -0.39 is 0 Å². The van der Waals surface area contributed by atoms with Crippen LogP contribution in [-0.4, -0.2) is 43.7 Å². The number of nitrogens with two attached hydrogens (primary N) is 1. The molecule has 0 spiro atoms. The topological polar surface area (TPSA) is 67.6 Å². The number of carbonyl (C=O) groups is 1. The summed E-state index contributed by atoms with van der Waals surface area (Å²) in [6.45, 7) is 8.69.